The van der Waals surface area contributed by atoms with Crippen LogP contribution in [0.2, 0.25) is 0 Å². The summed E-state index contributed by atoms with van der Waals surface area (Å²) in [6.45, 7) is 7.18. The lowest BCUT2D eigenvalue weighted by molar-refractivity contribution is 0.262. The van der Waals surface area contributed by atoms with E-state index < -0.39 is 10.0 Å². The number of likely N-dealkylation sites (N-methyl/N-ethyl adjacent to an activating group) is 1. The van der Waals surface area contributed by atoms with Gasteiger partial charge in [0.05, 0.1) is 16.1 Å². The van der Waals surface area contributed by atoms with Crippen molar-refractivity contribution in [3.05, 3.63) is 58.2 Å². The molecule has 3 rings (SSSR count). The molecule has 156 valence electrons. The topological polar surface area (TPSA) is 51.5 Å². The van der Waals surface area contributed by atoms with Crippen LogP contribution < -0.4 is 4.74 Å². The summed E-state index contributed by atoms with van der Waals surface area (Å²) in [6, 6.07) is 12.7. The molecule has 0 N–H and O–H groups in total. The maximum Gasteiger partial charge on any atom is 0.268 e. The van der Waals surface area contributed by atoms with Crippen LogP contribution in [0.25, 0.3) is 10.9 Å². The number of ether oxygens (including phenoxy) is 1. The van der Waals surface area contributed by atoms with E-state index in [2.05, 4.69) is 29.8 Å². The third-order valence-corrected chi connectivity index (χ3v) is 7.24. The summed E-state index contributed by atoms with van der Waals surface area (Å²) in [6.07, 6.45) is 0. The molecule has 0 aliphatic heterocycles. The Labute approximate surface area is 181 Å². The first-order valence-electron chi connectivity index (χ1n) is 9.56. The van der Waals surface area contributed by atoms with Gasteiger partial charge in [-0.3, -0.25) is 0 Å². The van der Waals surface area contributed by atoms with Gasteiger partial charge in [-0.05, 0) is 62.8 Å². The van der Waals surface area contributed by atoms with Crippen molar-refractivity contribution in [2.45, 2.75) is 31.6 Å². The normalized spacial score (nSPS) is 12.3. The molecule has 0 saturated heterocycles. The molecule has 0 atom stereocenters. The van der Waals surface area contributed by atoms with Crippen molar-refractivity contribution in [2.75, 3.05) is 27.2 Å². The van der Waals surface area contributed by atoms with Crippen LogP contribution >= 0.6 is 15.9 Å². The number of hydrogen-bond donors (Lipinski definition) is 0. The van der Waals surface area contributed by atoms with Gasteiger partial charge in [-0.25, -0.2) is 12.4 Å². The zero-order chi connectivity index (χ0) is 21.3. The van der Waals surface area contributed by atoms with E-state index in [1.165, 1.54) is 3.97 Å². The fraction of sp³-hybridized carbons (Fsp3) is 0.364. The Balaban J connectivity index is 2.14. The molecule has 29 heavy (non-hydrogen) atoms. The van der Waals surface area contributed by atoms with Gasteiger partial charge in [0.15, 0.2) is 0 Å². The Morgan fingerprint density at radius 1 is 1.10 bits per heavy atom. The number of aromatic nitrogens is 1. The first-order chi connectivity index (χ1) is 13.6. The highest BCUT2D eigenvalue weighted by Gasteiger charge is 2.26. The smallest absolute Gasteiger partial charge is 0.268 e. The summed E-state index contributed by atoms with van der Waals surface area (Å²) in [5, 5.41) is 0.776. The largest absolute Gasteiger partial charge is 0.490 e. The molecule has 0 radical (unpaired) electrons. The number of benzene rings is 2. The van der Waals surface area contributed by atoms with Crippen molar-refractivity contribution in [1.29, 1.82) is 0 Å². The Morgan fingerprint density at radius 2 is 1.76 bits per heavy atom. The minimum absolute atomic E-state index is 0.268. The minimum atomic E-state index is -3.76. The number of halogens is 1. The summed E-state index contributed by atoms with van der Waals surface area (Å²) in [5.41, 5.74) is 2.29. The Morgan fingerprint density at radius 3 is 2.34 bits per heavy atom. The van der Waals surface area contributed by atoms with Gasteiger partial charge in [-0.15, -0.1) is 0 Å². The van der Waals surface area contributed by atoms with Gasteiger partial charge in [0.2, 0.25) is 0 Å². The van der Waals surface area contributed by atoms with Crippen LogP contribution in [0.5, 0.6) is 5.75 Å². The Hall–Kier alpha value is -1.83. The van der Waals surface area contributed by atoms with Crippen molar-refractivity contribution in [3.63, 3.8) is 0 Å². The molecule has 0 aliphatic carbocycles. The lowest BCUT2D eigenvalue weighted by Crippen LogP contribution is -2.20. The summed E-state index contributed by atoms with van der Waals surface area (Å²) < 4.78 is 35.3. The molecule has 0 spiro atoms. The second-order valence-electron chi connectivity index (χ2n) is 7.72. The zero-order valence-electron chi connectivity index (χ0n) is 17.4. The van der Waals surface area contributed by atoms with E-state index in [0.717, 1.165) is 22.0 Å². The number of rotatable bonds is 7. The quantitative estimate of drug-likeness (QED) is 0.478. The van der Waals surface area contributed by atoms with Gasteiger partial charge in [0.1, 0.15) is 12.4 Å². The molecule has 5 nitrogen and oxygen atoms in total. The molecular weight excluding hydrogens is 452 g/mol. The van der Waals surface area contributed by atoms with E-state index in [-0.39, 0.29) is 4.90 Å². The van der Waals surface area contributed by atoms with E-state index in [4.69, 9.17) is 4.74 Å². The van der Waals surface area contributed by atoms with Gasteiger partial charge in [-0.2, -0.15) is 0 Å². The van der Waals surface area contributed by atoms with E-state index in [1.54, 1.807) is 19.1 Å². The summed E-state index contributed by atoms with van der Waals surface area (Å²) in [4.78, 5) is 2.29. The second kappa shape index (κ2) is 8.50. The second-order valence-corrected chi connectivity index (χ2v) is 10.4. The monoisotopic (exact) mass is 478 g/mol. The van der Waals surface area contributed by atoms with Crippen LogP contribution in [0.15, 0.2) is 51.8 Å². The summed E-state index contributed by atoms with van der Waals surface area (Å²) in [5.74, 6) is 0.945. The lowest BCUT2D eigenvalue weighted by atomic mass is 10.0. The Bertz CT molecular complexity index is 1120. The summed E-state index contributed by atoms with van der Waals surface area (Å²) in [7, 11) is 0.186. The van der Waals surface area contributed by atoms with E-state index in [1.807, 2.05) is 49.3 Å². The minimum Gasteiger partial charge on any atom is -0.490 e. The Kier molecular flexibility index (Phi) is 6.41. The van der Waals surface area contributed by atoms with Gasteiger partial charge < -0.3 is 9.64 Å². The van der Waals surface area contributed by atoms with Crippen LogP contribution in [-0.2, 0) is 10.0 Å². The fourth-order valence-electron chi connectivity index (χ4n) is 3.29. The molecule has 0 unspecified atom stereocenters. The van der Waals surface area contributed by atoms with E-state index in [9.17, 15) is 8.42 Å². The lowest BCUT2D eigenvalue weighted by Gasteiger charge is -2.13. The van der Waals surface area contributed by atoms with Crippen LogP contribution in [0.3, 0.4) is 0 Å². The van der Waals surface area contributed by atoms with Crippen molar-refractivity contribution in [1.82, 2.24) is 8.87 Å². The highest BCUT2D eigenvalue weighted by Crippen LogP contribution is 2.37. The predicted molar refractivity (Wildman–Crippen MR) is 122 cm³/mol. The van der Waals surface area contributed by atoms with Crippen LogP contribution in [0.4, 0.5) is 0 Å². The third-order valence-electron chi connectivity index (χ3n) is 4.93. The van der Waals surface area contributed by atoms with E-state index in [0.29, 0.717) is 29.5 Å². The molecule has 0 bridgehead atoms. The van der Waals surface area contributed by atoms with Crippen LogP contribution in [-0.4, -0.2) is 44.5 Å². The fourth-order valence-corrected chi connectivity index (χ4v) is 5.20. The molecular formula is C22H27BrN2O3S. The van der Waals surface area contributed by atoms with Crippen molar-refractivity contribution < 1.29 is 13.2 Å². The third kappa shape index (κ3) is 4.37. The maximum absolute atomic E-state index is 13.5. The molecule has 0 fully saturated rings. The highest BCUT2D eigenvalue weighted by atomic mass is 79.9. The molecule has 0 amide bonds. The molecule has 2 aromatic carbocycles. The van der Waals surface area contributed by atoms with Gasteiger partial charge in [0, 0.05) is 16.4 Å². The van der Waals surface area contributed by atoms with Gasteiger partial charge in [0.25, 0.3) is 10.0 Å². The molecule has 1 aromatic heterocycles. The maximum atomic E-state index is 13.5. The average Bonchev–Trinajstić information content (AvgIpc) is 2.93. The molecule has 7 heteroatoms. The average molecular weight is 479 g/mol. The SMILES string of the molecule is Cc1c(OCCN(C)C)c2cc(Br)ccc2n1S(=O)(=O)c1ccc(C(C)C)cc1. The first kappa shape index (κ1) is 21.9. The van der Waals surface area contributed by atoms with Gasteiger partial charge >= 0.3 is 0 Å². The van der Waals surface area contributed by atoms with Crippen LogP contribution in [0, 0.1) is 6.92 Å². The highest BCUT2D eigenvalue weighted by molar-refractivity contribution is 9.10. The molecule has 0 saturated carbocycles. The van der Waals surface area contributed by atoms with Crippen LogP contribution in [0.1, 0.15) is 31.0 Å². The first-order valence-corrected chi connectivity index (χ1v) is 11.8. The molecule has 3 aromatic rings. The van der Waals surface area contributed by atoms with Crippen molar-refractivity contribution in [2.24, 2.45) is 0 Å². The van der Waals surface area contributed by atoms with Crippen molar-refractivity contribution in [3.8, 4) is 5.75 Å². The summed E-state index contributed by atoms with van der Waals surface area (Å²) >= 11 is 3.49. The van der Waals surface area contributed by atoms with E-state index >= 15 is 0 Å². The number of hydrogen-bond acceptors (Lipinski definition) is 4. The predicted octanol–water partition coefficient (Wildman–Crippen LogP) is 5.01. The number of fused-ring (bicyclic) bond motifs is 1. The standard InChI is InChI=1S/C22H27BrN2O3S/c1-15(2)17-6-9-19(10-7-17)29(26,27)25-16(3)22(28-13-12-24(4)5)20-14-18(23)8-11-21(20)25/h6-11,14-15H,12-13H2,1-5H3. The zero-order valence-corrected chi connectivity index (χ0v) is 19.8. The number of nitrogens with zero attached hydrogens (tertiary/aromatic N) is 2. The molecule has 1 heterocycles. The van der Waals surface area contributed by atoms with Gasteiger partial charge in [-0.1, -0.05) is 41.9 Å². The molecule has 0 aliphatic rings. The van der Waals surface area contributed by atoms with Crippen molar-refractivity contribution >= 4 is 36.9 Å².